The fourth-order valence-electron chi connectivity index (χ4n) is 2.96. The first-order valence-corrected chi connectivity index (χ1v) is 9.36. The second-order valence-electron chi connectivity index (χ2n) is 6.54. The molecule has 1 aliphatic heterocycles. The Morgan fingerprint density at radius 2 is 1.90 bits per heavy atom. The second-order valence-corrected chi connectivity index (χ2v) is 6.54. The molecule has 9 heteroatoms. The maximum atomic E-state index is 12.7. The normalized spacial score (nSPS) is 12.0. The molecule has 0 unspecified atom stereocenters. The zero-order valence-corrected chi connectivity index (χ0v) is 16.6. The van der Waals surface area contributed by atoms with Gasteiger partial charge in [0.1, 0.15) is 19.0 Å². The van der Waals surface area contributed by atoms with Crippen molar-refractivity contribution < 1.29 is 28.5 Å². The SMILES string of the molecule is COc1cc(C(=O)Nc2ccc(Oc3cccc(C(N)=O)c3)nc2)cc2c1OCCO2. The van der Waals surface area contributed by atoms with Crippen LogP contribution < -0.4 is 30.0 Å². The van der Waals surface area contributed by atoms with Crippen LogP contribution in [0.25, 0.3) is 0 Å². The number of nitrogens with two attached hydrogens (primary N) is 1. The molecule has 0 fully saturated rings. The minimum atomic E-state index is -0.549. The van der Waals surface area contributed by atoms with Gasteiger partial charge in [0, 0.05) is 17.2 Å². The van der Waals surface area contributed by atoms with Gasteiger partial charge in [-0.15, -0.1) is 0 Å². The molecule has 158 valence electrons. The molecule has 3 aromatic rings. The van der Waals surface area contributed by atoms with Crippen LogP contribution in [-0.4, -0.2) is 37.1 Å². The van der Waals surface area contributed by atoms with E-state index in [-0.39, 0.29) is 5.91 Å². The van der Waals surface area contributed by atoms with E-state index in [2.05, 4.69) is 10.3 Å². The van der Waals surface area contributed by atoms with E-state index in [1.165, 1.54) is 19.4 Å². The average Bonchev–Trinajstić information content (AvgIpc) is 2.79. The molecule has 0 spiro atoms. The average molecular weight is 421 g/mol. The zero-order valence-electron chi connectivity index (χ0n) is 16.6. The van der Waals surface area contributed by atoms with Gasteiger partial charge in [0.05, 0.1) is 19.0 Å². The van der Waals surface area contributed by atoms with E-state index in [0.717, 1.165) is 0 Å². The van der Waals surface area contributed by atoms with E-state index in [4.69, 9.17) is 24.7 Å². The van der Waals surface area contributed by atoms with E-state index in [1.54, 1.807) is 42.5 Å². The van der Waals surface area contributed by atoms with Gasteiger partial charge in [-0.2, -0.15) is 0 Å². The number of anilines is 1. The van der Waals surface area contributed by atoms with Crippen molar-refractivity contribution in [1.82, 2.24) is 4.98 Å². The summed E-state index contributed by atoms with van der Waals surface area (Å²) in [4.78, 5) is 28.1. The van der Waals surface area contributed by atoms with Crippen LogP contribution in [0.2, 0.25) is 0 Å². The Hall–Kier alpha value is -4.27. The fourth-order valence-corrected chi connectivity index (χ4v) is 2.96. The lowest BCUT2D eigenvalue weighted by molar-refractivity contribution is 0.0997. The van der Waals surface area contributed by atoms with E-state index >= 15 is 0 Å². The Morgan fingerprint density at radius 1 is 1.06 bits per heavy atom. The van der Waals surface area contributed by atoms with Crippen LogP contribution >= 0.6 is 0 Å². The summed E-state index contributed by atoms with van der Waals surface area (Å²) >= 11 is 0. The monoisotopic (exact) mass is 421 g/mol. The summed E-state index contributed by atoms with van der Waals surface area (Å²) in [6.45, 7) is 0.816. The molecule has 9 nitrogen and oxygen atoms in total. The van der Waals surface area contributed by atoms with Gasteiger partial charge in [-0.05, 0) is 36.4 Å². The van der Waals surface area contributed by atoms with Crippen LogP contribution in [0.15, 0.2) is 54.7 Å². The van der Waals surface area contributed by atoms with Crippen LogP contribution in [0.5, 0.6) is 28.9 Å². The lowest BCUT2D eigenvalue weighted by Gasteiger charge is -2.21. The number of hydrogen-bond acceptors (Lipinski definition) is 7. The molecule has 0 atom stereocenters. The third-order valence-electron chi connectivity index (χ3n) is 4.43. The summed E-state index contributed by atoms with van der Waals surface area (Å²) in [5.41, 5.74) is 6.42. The third kappa shape index (κ3) is 4.50. The molecular weight excluding hydrogens is 402 g/mol. The Balaban J connectivity index is 1.46. The number of methoxy groups -OCH3 is 1. The number of nitrogens with one attached hydrogen (secondary N) is 1. The maximum absolute atomic E-state index is 12.7. The first kappa shape index (κ1) is 20.0. The number of rotatable bonds is 6. The van der Waals surface area contributed by atoms with Crippen molar-refractivity contribution >= 4 is 17.5 Å². The minimum absolute atomic E-state index is 0.292. The zero-order chi connectivity index (χ0) is 21.8. The summed E-state index contributed by atoms with van der Waals surface area (Å²) in [7, 11) is 1.50. The van der Waals surface area contributed by atoms with Crippen molar-refractivity contribution in [2.45, 2.75) is 0 Å². The molecule has 1 aromatic heterocycles. The van der Waals surface area contributed by atoms with Crippen molar-refractivity contribution in [2.75, 3.05) is 25.6 Å². The summed E-state index contributed by atoms with van der Waals surface area (Å²) in [6, 6.07) is 12.9. The number of nitrogens with zero attached hydrogens (tertiary/aromatic N) is 1. The number of aromatic nitrogens is 1. The summed E-state index contributed by atoms with van der Waals surface area (Å²) in [5.74, 6) is 1.16. The van der Waals surface area contributed by atoms with Gasteiger partial charge in [0.25, 0.3) is 5.91 Å². The third-order valence-corrected chi connectivity index (χ3v) is 4.43. The number of fused-ring (bicyclic) bond motifs is 1. The van der Waals surface area contributed by atoms with E-state index in [0.29, 0.717) is 58.9 Å². The quantitative estimate of drug-likeness (QED) is 0.627. The van der Waals surface area contributed by atoms with Crippen LogP contribution in [0.3, 0.4) is 0 Å². The molecule has 0 radical (unpaired) electrons. The largest absolute Gasteiger partial charge is 0.493 e. The highest BCUT2D eigenvalue weighted by molar-refractivity contribution is 6.05. The molecule has 2 amide bonds. The Morgan fingerprint density at radius 3 is 2.65 bits per heavy atom. The molecule has 2 aromatic carbocycles. The molecule has 0 aliphatic carbocycles. The number of benzene rings is 2. The van der Waals surface area contributed by atoms with E-state index in [9.17, 15) is 9.59 Å². The van der Waals surface area contributed by atoms with Gasteiger partial charge in [-0.1, -0.05) is 6.07 Å². The highest BCUT2D eigenvalue weighted by Gasteiger charge is 2.21. The highest BCUT2D eigenvalue weighted by Crippen LogP contribution is 2.40. The van der Waals surface area contributed by atoms with Gasteiger partial charge < -0.3 is 30.0 Å². The summed E-state index contributed by atoms with van der Waals surface area (Å²) < 4.78 is 22.0. The number of amides is 2. The molecule has 0 bridgehead atoms. The number of carbonyl (C=O) groups excluding carboxylic acids is 2. The number of ether oxygens (including phenoxy) is 4. The summed E-state index contributed by atoms with van der Waals surface area (Å²) in [5, 5.41) is 2.76. The lowest BCUT2D eigenvalue weighted by atomic mass is 10.1. The van der Waals surface area contributed by atoms with Crippen LogP contribution in [0.4, 0.5) is 5.69 Å². The van der Waals surface area contributed by atoms with Crippen LogP contribution in [-0.2, 0) is 0 Å². The first-order chi connectivity index (χ1) is 15.0. The Kier molecular flexibility index (Phi) is 5.57. The molecule has 4 rings (SSSR count). The van der Waals surface area contributed by atoms with E-state index in [1.807, 2.05) is 0 Å². The number of hydrogen-bond donors (Lipinski definition) is 2. The lowest BCUT2D eigenvalue weighted by Crippen LogP contribution is -2.18. The minimum Gasteiger partial charge on any atom is -0.493 e. The molecule has 0 saturated carbocycles. The predicted octanol–water partition coefficient (Wildman–Crippen LogP) is 3.00. The van der Waals surface area contributed by atoms with Crippen molar-refractivity contribution in [3.63, 3.8) is 0 Å². The van der Waals surface area contributed by atoms with Gasteiger partial charge in [-0.25, -0.2) is 4.98 Å². The van der Waals surface area contributed by atoms with Crippen LogP contribution in [0.1, 0.15) is 20.7 Å². The van der Waals surface area contributed by atoms with Crippen molar-refractivity contribution in [2.24, 2.45) is 5.73 Å². The number of primary amides is 1. The van der Waals surface area contributed by atoms with Gasteiger partial charge in [0.15, 0.2) is 11.5 Å². The highest BCUT2D eigenvalue weighted by atomic mass is 16.6. The fraction of sp³-hybridized carbons (Fsp3) is 0.136. The van der Waals surface area contributed by atoms with Gasteiger partial charge in [-0.3, -0.25) is 9.59 Å². The Bertz CT molecular complexity index is 1110. The van der Waals surface area contributed by atoms with Gasteiger partial charge >= 0.3 is 0 Å². The summed E-state index contributed by atoms with van der Waals surface area (Å²) in [6.07, 6.45) is 1.46. The van der Waals surface area contributed by atoms with Gasteiger partial charge in [0.2, 0.25) is 17.5 Å². The predicted molar refractivity (Wildman–Crippen MR) is 111 cm³/mol. The van der Waals surface area contributed by atoms with Crippen LogP contribution in [0, 0.1) is 0 Å². The Labute approximate surface area is 177 Å². The molecule has 2 heterocycles. The van der Waals surface area contributed by atoms with Crippen molar-refractivity contribution in [3.05, 3.63) is 65.9 Å². The second kappa shape index (κ2) is 8.62. The van der Waals surface area contributed by atoms with Crippen molar-refractivity contribution in [1.29, 1.82) is 0 Å². The molecule has 0 saturated heterocycles. The molecule has 3 N–H and O–H groups in total. The number of pyridine rings is 1. The van der Waals surface area contributed by atoms with E-state index < -0.39 is 5.91 Å². The first-order valence-electron chi connectivity index (χ1n) is 9.36. The molecular formula is C22H19N3O6. The topological polar surface area (TPSA) is 122 Å². The van der Waals surface area contributed by atoms with Crippen molar-refractivity contribution in [3.8, 4) is 28.9 Å². The maximum Gasteiger partial charge on any atom is 0.255 e. The smallest absolute Gasteiger partial charge is 0.255 e. The molecule has 31 heavy (non-hydrogen) atoms. The number of carbonyl (C=O) groups is 2. The molecule has 1 aliphatic rings. The standard InChI is InChI=1S/C22H19N3O6/c1-28-17-10-14(11-18-20(17)30-8-7-29-18)22(27)25-15-5-6-19(24-12-15)31-16-4-2-3-13(9-16)21(23)26/h2-6,9-12H,7-8H2,1H3,(H2,23,26)(H,25,27).